The van der Waals surface area contributed by atoms with Crippen LogP contribution in [0, 0.1) is 31.6 Å². The van der Waals surface area contributed by atoms with Crippen LogP contribution in [0.3, 0.4) is 0 Å². The number of terminal acetylenes is 2. The molecule has 10 nitrogen and oxygen atoms in total. The molecule has 4 aromatic rings. The Morgan fingerprint density at radius 2 is 1.86 bits per heavy atom. The van der Waals surface area contributed by atoms with Crippen molar-refractivity contribution in [3.05, 3.63) is 54.4 Å². The van der Waals surface area contributed by atoms with Gasteiger partial charge in [-0.25, -0.2) is 9.50 Å². The zero-order valence-electron chi connectivity index (χ0n) is 20.2. The smallest absolute Gasteiger partial charge is 0.245 e. The first kappa shape index (κ1) is 26.7. The van der Waals surface area contributed by atoms with E-state index in [1.165, 1.54) is 49.7 Å². The van der Waals surface area contributed by atoms with Gasteiger partial charge in [-0.05, 0) is 49.9 Å². The van der Waals surface area contributed by atoms with E-state index in [9.17, 15) is 9.18 Å². The molecule has 1 amide bonds. The number of pyridine rings is 1. The maximum Gasteiger partial charge on any atom is 0.245 e. The molecule has 0 bridgehead atoms. The highest BCUT2D eigenvalue weighted by molar-refractivity contribution is 5.73. The van der Waals surface area contributed by atoms with Crippen LogP contribution in [0.5, 0.6) is 0 Å². The first-order valence-corrected chi connectivity index (χ1v) is 11.6. The van der Waals surface area contributed by atoms with Gasteiger partial charge in [0.15, 0.2) is 11.6 Å². The van der Waals surface area contributed by atoms with Gasteiger partial charge in [-0.1, -0.05) is 0 Å². The lowest BCUT2D eigenvalue weighted by molar-refractivity contribution is -0.105. The van der Waals surface area contributed by atoms with E-state index in [2.05, 4.69) is 67.6 Å². The molecule has 0 unspecified atom stereocenters. The third-order valence-corrected chi connectivity index (χ3v) is 5.58. The number of hydrogen-bond donors (Lipinski definition) is 3. The Morgan fingerprint density at radius 3 is 2.51 bits per heavy atom. The van der Waals surface area contributed by atoms with Gasteiger partial charge in [-0.15, -0.1) is 30.8 Å². The van der Waals surface area contributed by atoms with Gasteiger partial charge in [0.25, 0.3) is 0 Å². The molecular formula is C26H28FN9O. The Kier molecular flexibility index (Phi) is 9.57. The summed E-state index contributed by atoms with van der Waals surface area (Å²) in [5.74, 6) is 2.52. The van der Waals surface area contributed by atoms with Gasteiger partial charge in [0.05, 0.1) is 11.9 Å². The molecule has 6 rings (SSSR count). The Morgan fingerprint density at radius 1 is 1.11 bits per heavy atom. The molecule has 5 heterocycles. The summed E-state index contributed by atoms with van der Waals surface area (Å²) in [6.45, 7) is 2.06. The van der Waals surface area contributed by atoms with Crippen LogP contribution in [0.25, 0.3) is 5.52 Å². The summed E-state index contributed by atoms with van der Waals surface area (Å²) in [6, 6.07) is 8.70. The second kappa shape index (κ2) is 13.3. The maximum absolute atomic E-state index is 12.1. The van der Waals surface area contributed by atoms with E-state index in [-0.39, 0.29) is 0 Å². The van der Waals surface area contributed by atoms with Gasteiger partial charge >= 0.3 is 0 Å². The van der Waals surface area contributed by atoms with E-state index >= 15 is 0 Å². The van der Waals surface area contributed by atoms with Gasteiger partial charge in [0.2, 0.25) is 18.3 Å². The van der Waals surface area contributed by atoms with Gasteiger partial charge in [0.1, 0.15) is 5.52 Å². The largest absolute Gasteiger partial charge is 0.340 e. The number of nitrogens with zero attached hydrogens (tertiary/aromatic N) is 6. The number of halogens is 1. The third-order valence-electron chi connectivity index (χ3n) is 5.58. The lowest BCUT2D eigenvalue weighted by atomic mass is 10.3. The Balaban J connectivity index is 0.000000230. The van der Waals surface area contributed by atoms with Gasteiger partial charge in [0, 0.05) is 37.0 Å². The summed E-state index contributed by atoms with van der Waals surface area (Å²) in [4.78, 5) is 20.1. The fraction of sp³-hybridized carbons (Fsp3) is 0.269. The standard InChI is InChI=1S/C16H19N7.C6H5FN2O.2C2H2/c1-2-8-22(7-1)16-18-15(13-4-3-9-23(13)21-16)17-14-10-12(19-20-14)11-5-6-11;7-6-2-1-5(3-8-6)9-4-10;2*1-2/h3-4,9-11H,1-2,5-8H2,(H2,17,18,19,20,21);1-4H,(H,9,10);2*1-2H. The number of aromatic amines is 1. The summed E-state index contributed by atoms with van der Waals surface area (Å²) in [5.41, 5.74) is 2.66. The monoisotopic (exact) mass is 501 g/mol. The number of hydrogen-bond acceptors (Lipinski definition) is 7. The molecule has 37 heavy (non-hydrogen) atoms. The molecule has 1 saturated carbocycles. The average molecular weight is 502 g/mol. The quantitative estimate of drug-likeness (QED) is 0.208. The van der Waals surface area contributed by atoms with Gasteiger partial charge in [-0.2, -0.15) is 14.5 Å². The summed E-state index contributed by atoms with van der Waals surface area (Å²) < 4.78 is 14.0. The molecule has 11 heteroatoms. The second-order valence-electron chi connectivity index (χ2n) is 8.03. The Labute approximate surface area is 214 Å². The molecule has 2 fully saturated rings. The van der Waals surface area contributed by atoms with Crippen molar-refractivity contribution < 1.29 is 9.18 Å². The molecule has 0 spiro atoms. The summed E-state index contributed by atoms with van der Waals surface area (Å²) in [5, 5.41) is 17.8. The van der Waals surface area contributed by atoms with Gasteiger partial charge < -0.3 is 15.5 Å². The van der Waals surface area contributed by atoms with Crippen molar-refractivity contribution in [1.82, 2.24) is 29.8 Å². The zero-order chi connectivity index (χ0) is 26.6. The highest BCUT2D eigenvalue weighted by atomic mass is 19.1. The van der Waals surface area contributed by atoms with Crippen LogP contribution in [0.1, 0.15) is 37.3 Å². The SMILES string of the molecule is C#C.C#C.O=CNc1ccc(F)nc1.c1cc2c(Nc3cc(C4CC4)[nH]n3)nc(N3CCCC3)nn2c1. The van der Waals surface area contributed by atoms with Crippen molar-refractivity contribution in [2.45, 2.75) is 31.6 Å². The molecule has 1 aliphatic heterocycles. The van der Waals surface area contributed by atoms with Crippen LogP contribution in [-0.2, 0) is 4.79 Å². The number of H-pyrrole nitrogens is 1. The summed E-state index contributed by atoms with van der Waals surface area (Å²) in [6.07, 6.45) is 24.6. The number of nitrogens with one attached hydrogen (secondary N) is 3. The number of fused-ring (bicyclic) bond motifs is 1. The first-order valence-electron chi connectivity index (χ1n) is 11.6. The van der Waals surface area contributed by atoms with E-state index in [1.807, 2.05) is 22.8 Å². The van der Waals surface area contributed by atoms with Crippen molar-refractivity contribution in [2.75, 3.05) is 28.6 Å². The van der Waals surface area contributed by atoms with Crippen molar-refractivity contribution >= 4 is 35.2 Å². The zero-order valence-corrected chi connectivity index (χ0v) is 20.2. The van der Waals surface area contributed by atoms with Crippen molar-refractivity contribution in [2.24, 2.45) is 0 Å². The maximum atomic E-state index is 12.1. The lowest BCUT2D eigenvalue weighted by Gasteiger charge is -2.16. The van der Waals surface area contributed by atoms with E-state index in [0.717, 1.165) is 36.2 Å². The van der Waals surface area contributed by atoms with Crippen molar-refractivity contribution in [3.63, 3.8) is 0 Å². The molecular weight excluding hydrogens is 473 g/mol. The number of rotatable bonds is 6. The predicted octanol–water partition coefficient (Wildman–Crippen LogP) is 3.96. The molecule has 0 atom stereocenters. The van der Waals surface area contributed by atoms with E-state index < -0.39 is 5.95 Å². The fourth-order valence-corrected chi connectivity index (χ4v) is 3.72. The van der Waals surface area contributed by atoms with Gasteiger partial charge in [-0.3, -0.25) is 9.89 Å². The molecule has 3 N–H and O–H groups in total. The van der Waals surface area contributed by atoms with Crippen molar-refractivity contribution in [3.8, 4) is 25.7 Å². The lowest BCUT2D eigenvalue weighted by Crippen LogP contribution is -2.22. The molecule has 1 aliphatic carbocycles. The Bertz CT molecular complexity index is 1310. The van der Waals surface area contributed by atoms with Crippen LogP contribution in [0.2, 0.25) is 0 Å². The number of amides is 1. The van der Waals surface area contributed by atoms with E-state index in [1.54, 1.807) is 0 Å². The highest BCUT2D eigenvalue weighted by Crippen LogP contribution is 2.39. The predicted molar refractivity (Wildman–Crippen MR) is 142 cm³/mol. The highest BCUT2D eigenvalue weighted by Gasteiger charge is 2.26. The normalized spacial score (nSPS) is 13.7. The molecule has 0 aromatic carbocycles. The third kappa shape index (κ3) is 7.05. The van der Waals surface area contributed by atoms with E-state index in [4.69, 9.17) is 4.98 Å². The molecule has 0 radical (unpaired) electrons. The van der Waals surface area contributed by atoms with Crippen LogP contribution in [0.15, 0.2) is 42.7 Å². The summed E-state index contributed by atoms with van der Waals surface area (Å²) >= 11 is 0. The molecule has 190 valence electrons. The number of carbonyl (C=O) groups excluding carboxylic acids is 1. The van der Waals surface area contributed by atoms with Crippen LogP contribution in [-0.4, -0.2) is 49.3 Å². The number of carbonyl (C=O) groups is 1. The number of anilines is 4. The number of aromatic nitrogens is 6. The molecule has 1 saturated heterocycles. The summed E-state index contributed by atoms with van der Waals surface area (Å²) in [7, 11) is 0. The minimum absolute atomic E-state index is 0.483. The minimum Gasteiger partial charge on any atom is -0.340 e. The van der Waals surface area contributed by atoms with Crippen molar-refractivity contribution in [1.29, 1.82) is 0 Å². The fourth-order valence-electron chi connectivity index (χ4n) is 3.72. The first-order chi connectivity index (χ1) is 18.2. The average Bonchev–Trinajstić information content (AvgIpc) is 3.32. The Hall–Kier alpha value is -4.90. The molecule has 4 aromatic heterocycles. The molecule has 2 aliphatic rings. The second-order valence-corrected chi connectivity index (χ2v) is 8.03. The van der Waals surface area contributed by atoms with E-state index in [0.29, 0.717) is 18.0 Å². The van der Waals surface area contributed by atoms with Crippen LogP contribution >= 0.6 is 0 Å². The van der Waals surface area contributed by atoms with Crippen LogP contribution < -0.4 is 15.5 Å². The minimum atomic E-state index is -0.559. The van der Waals surface area contributed by atoms with Crippen LogP contribution in [0.4, 0.5) is 27.7 Å². The topological polar surface area (TPSA) is 116 Å².